The third kappa shape index (κ3) is 4.16. The van der Waals surface area contributed by atoms with Gasteiger partial charge in [-0.1, -0.05) is 38.0 Å². The Morgan fingerprint density at radius 1 is 1.25 bits per heavy atom. The molecular weight excluding hydrogens is 401 g/mol. The topological polar surface area (TPSA) is 39.3 Å². The molecule has 0 saturated carbocycles. The zero-order valence-corrected chi connectivity index (χ0v) is 19.0. The van der Waals surface area contributed by atoms with Crippen LogP contribution in [0.2, 0.25) is 0 Å². The number of unbranched alkanes of at least 4 members (excludes halogenated alkanes) is 1. The Morgan fingerprint density at radius 2 is 2.00 bits per heavy atom. The first-order valence-corrected chi connectivity index (χ1v) is 11.2. The van der Waals surface area contributed by atoms with E-state index in [-0.39, 0.29) is 23.8 Å². The molecule has 0 saturated heterocycles. The van der Waals surface area contributed by atoms with Gasteiger partial charge in [-0.05, 0) is 73.8 Å². The molecule has 0 fully saturated rings. The monoisotopic (exact) mass is 431 g/mol. The normalized spacial score (nSPS) is 18.1. The fourth-order valence-electron chi connectivity index (χ4n) is 4.93. The third-order valence-electron chi connectivity index (χ3n) is 6.32. The molecule has 1 aliphatic rings. The quantitative estimate of drug-likeness (QED) is 0.556. The number of nitrogens with zero attached hydrogens (tertiary/aromatic N) is 2. The molecule has 1 aliphatic heterocycles. The number of fused-ring (bicyclic) bond motifs is 3. The summed E-state index contributed by atoms with van der Waals surface area (Å²) < 4.78 is 13.7. The molecule has 32 heavy (non-hydrogen) atoms. The number of amides is 1. The minimum absolute atomic E-state index is 0.00226. The molecule has 2 atom stereocenters. The minimum Gasteiger partial charge on any atom is -0.356 e. The molecule has 0 unspecified atom stereocenters. The summed E-state index contributed by atoms with van der Waals surface area (Å²) in [6.45, 7) is 3.01. The second-order valence-electron chi connectivity index (χ2n) is 8.95. The maximum atomic E-state index is 13.7. The predicted octanol–water partition coefficient (Wildman–Crippen LogP) is 5.03. The highest BCUT2D eigenvalue weighted by molar-refractivity contribution is 5.95. The smallest absolute Gasteiger partial charge is 0.299 e. The summed E-state index contributed by atoms with van der Waals surface area (Å²) in [4.78, 5) is 20.5. The van der Waals surface area contributed by atoms with E-state index in [4.69, 9.17) is 6.42 Å². The van der Waals surface area contributed by atoms with Crippen molar-refractivity contribution in [3.8, 4) is 12.3 Å². The van der Waals surface area contributed by atoms with Crippen molar-refractivity contribution in [3.05, 3.63) is 70.7 Å². The van der Waals surface area contributed by atoms with Gasteiger partial charge in [0, 0.05) is 29.2 Å². The van der Waals surface area contributed by atoms with Crippen molar-refractivity contribution in [3.63, 3.8) is 0 Å². The van der Waals surface area contributed by atoms with E-state index in [1.54, 1.807) is 12.1 Å². The Kier molecular flexibility index (Phi) is 6.34. The summed E-state index contributed by atoms with van der Waals surface area (Å²) >= 11 is 0. The Labute approximate surface area is 189 Å². The first-order valence-electron chi connectivity index (χ1n) is 11.2. The first-order chi connectivity index (χ1) is 15.4. The number of terminal acetylenes is 1. The van der Waals surface area contributed by atoms with Crippen molar-refractivity contribution in [1.29, 1.82) is 0 Å². The van der Waals surface area contributed by atoms with Crippen molar-refractivity contribution in [2.75, 3.05) is 14.1 Å². The Bertz CT molecular complexity index is 1160. The highest BCUT2D eigenvalue weighted by Crippen LogP contribution is 2.42. The Balaban J connectivity index is 1.91. The standard InChI is InChI=1S/C27H30FN3O/c1-5-7-8-21-16-23-22-15-18(17-30(3)4)9-14-24(22)29-26(23)27(31(21)25(32)6-2)19-10-12-20(28)13-11-19/h2,9-15,21,27,29H,5,7-8,16-17H2,1,3-4H3/t21-,27-/m0/s1. The van der Waals surface area contributed by atoms with Gasteiger partial charge in [-0.3, -0.25) is 4.79 Å². The van der Waals surface area contributed by atoms with Crippen LogP contribution >= 0.6 is 0 Å². The van der Waals surface area contributed by atoms with Gasteiger partial charge in [0.05, 0.1) is 6.04 Å². The second kappa shape index (κ2) is 9.18. The van der Waals surface area contributed by atoms with E-state index in [2.05, 4.69) is 55.0 Å². The summed E-state index contributed by atoms with van der Waals surface area (Å²) in [7, 11) is 4.12. The highest BCUT2D eigenvalue weighted by Gasteiger charge is 2.39. The minimum atomic E-state index is -0.366. The second-order valence-corrected chi connectivity index (χ2v) is 8.95. The van der Waals surface area contributed by atoms with Crippen LogP contribution in [0.4, 0.5) is 4.39 Å². The van der Waals surface area contributed by atoms with Gasteiger partial charge >= 0.3 is 0 Å². The third-order valence-corrected chi connectivity index (χ3v) is 6.32. The van der Waals surface area contributed by atoms with Crippen LogP contribution in [0.1, 0.15) is 54.6 Å². The van der Waals surface area contributed by atoms with Crippen LogP contribution < -0.4 is 0 Å². The van der Waals surface area contributed by atoms with Crippen molar-refractivity contribution >= 4 is 16.8 Å². The van der Waals surface area contributed by atoms with Crippen LogP contribution in [0.5, 0.6) is 0 Å². The first kappa shape index (κ1) is 22.1. The number of rotatable bonds is 6. The van der Waals surface area contributed by atoms with Crippen LogP contribution in [0.3, 0.4) is 0 Å². The molecule has 3 aromatic rings. The van der Waals surface area contributed by atoms with Gasteiger partial charge in [-0.25, -0.2) is 4.39 Å². The van der Waals surface area contributed by atoms with Crippen molar-refractivity contribution in [1.82, 2.24) is 14.8 Å². The molecule has 4 nitrogen and oxygen atoms in total. The molecule has 1 aromatic heterocycles. The lowest BCUT2D eigenvalue weighted by Gasteiger charge is -2.41. The van der Waals surface area contributed by atoms with Gasteiger partial charge in [0.25, 0.3) is 5.91 Å². The molecule has 1 amide bonds. The molecule has 0 spiro atoms. The van der Waals surface area contributed by atoms with Gasteiger partial charge in [0.1, 0.15) is 5.82 Å². The molecule has 2 heterocycles. The summed E-state index contributed by atoms with van der Waals surface area (Å²) in [6, 6.07) is 12.5. The van der Waals surface area contributed by atoms with E-state index in [0.717, 1.165) is 49.0 Å². The number of aromatic nitrogens is 1. The maximum Gasteiger partial charge on any atom is 0.299 e. The predicted molar refractivity (Wildman–Crippen MR) is 127 cm³/mol. The average molecular weight is 432 g/mol. The van der Waals surface area contributed by atoms with Gasteiger partial charge in [-0.15, -0.1) is 6.42 Å². The number of hydrogen-bond acceptors (Lipinski definition) is 2. The van der Waals surface area contributed by atoms with Gasteiger partial charge in [0.15, 0.2) is 0 Å². The van der Waals surface area contributed by atoms with E-state index in [1.165, 1.54) is 28.6 Å². The molecule has 0 bridgehead atoms. The van der Waals surface area contributed by atoms with E-state index in [0.29, 0.717) is 0 Å². The molecule has 166 valence electrons. The molecule has 0 aliphatic carbocycles. The fourth-order valence-corrected chi connectivity index (χ4v) is 4.93. The Hall–Kier alpha value is -3.10. The van der Waals surface area contributed by atoms with Gasteiger partial charge < -0.3 is 14.8 Å². The van der Waals surface area contributed by atoms with Crippen LogP contribution in [0, 0.1) is 18.2 Å². The summed E-state index contributed by atoms with van der Waals surface area (Å²) in [5.41, 5.74) is 5.36. The number of carbonyl (C=O) groups excluding carboxylic acids is 1. The van der Waals surface area contributed by atoms with E-state index < -0.39 is 0 Å². The fraction of sp³-hybridized carbons (Fsp3) is 0.370. The van der Waals surface area contributed by atoms with Gasteiger partial charge in [0.2, 0.25) is 0 Å². The molecular formula is C27H30FN3O. The van der Waals surface area contributed by atoms with Crippen molar-refractivity contribution in [2.45, 2.75) is 51.2 Å². The van der Waals surface area contributed by atoms with Crippen molar-refractivity contribution in [2.24, 2.45) is 0 Å². The lowest BCUT2D eigenvalue weighted by molar-refractivity contribution is -0.130. The number of benzene rings is 2. The lowest BCUT2D eigenvalue weighted by atomic mass is 9.86. The number of hydrogen-bond donors (Lipinski definition) is 1. The van der Waals surface area contributed by atoms with Crippen LogP contribution in [0.15, 0.2) is 42.5 Å². The molecule has 2 aromatic carbocycles. The molecule has 1 N–H and O–H groups in total. The zero-order valence-electron chi connectivity index (χ0n) is 19.0. The van der Waals surface area contributed by atoms with E-state index in [9.17, 15) is 9.18 Å². The largest absolute Gasteiger partial charge is 0.356 e. The Morgan fingerprint density at radius 3 is 2.66 bits per heavy atom. The number of nitrogens with one attached hydrogen (secondary N) is 1. The van der Waals surface area contributed by atoms with Crippen LogP contribution in [-0.4, -0.2) is 40.8 Å². The number of H-pyrrole nitrogens is 1. The molecule has 5 heteroatoms. The van der Waals surface area contributed by atoms with Crippen LogP contribution in [0.25, 0.3) is 10.9 Å². The maximum absolute atomic E-state index is 13.7. The number of aromatic amines is 1. The zero-order chi connectivity index (χ0) is 22.8. The van der Waals surface area contributed by atoms with Crippen LogP contribution in [-0.2, 0) is 17.8 Å². The number of halogens is 1. The van der Waals surface area contributed by atoms with Gasteiger partial charge in [-0.2, -0.15) is 0 Å². The summed E-state index contributed by atoms with van der Waals surface area (Å²) in [5.74, 6) is 1.72. The number of carbonyl (C=O) groups is 1. The van der Waals surface area contributed by atoms with E-state index >= 15 is 0 Å². The van der Waals surface area contributed by atoms with Crippen molar-refractivity contribution < 1.29 is 9.18 Å². The molecule has 0 radical (unpaired) electrons. The summed E-state index contributed by atoms with van der Waals surface area (Å²) in [5, 5.41) is 1.20. The average Bonchev–Trinajstić information content (AvgIpc) is 3.14. The SMILES string of the molecule is C#CC(=O)N1[C@@H](CCCC)Cc2c([nH]c3ccc(CN(C)C)cc23)[C@@H]1c1ccc(F)cc1. The summed E-state index contributed by atoms with van der Waals surface area (Å²) in [6.07, 6.45) is 9.30. The highest BCUT2D eigenvalue weighted by atomic mass is 19.1. The molecule has 4 rings (SSSR count). The lowest BCUT2D eigenvalue weighted by Crippen LogP contribution is -2.47. The van der Waals surface area contributed by atoms with E-state index in [1.807, 2.05) is 4.90 Å².